The summed E-state index contributed by atoms with van der Waals surface area (Å²) in [6.45, 7) is 0. The Bertz CT molecular complexity index is 747. The van der Waals surface area contributed by atoms with Crippen LogP contribution in [0.5, 0.6) is 0 Å². The van der Waals surface area contributed by atoms with Gasteiger partial charge in [0, 0.05) is 7.05 Å². The number of thiophene rings is 1. The molecule has 0 saturated heterocycles. The molecule has 1 aromatic carbocycles. The second-order valence-electron chi connectivity index (χ2n) is 3.68. The third kappa shape index (κ3) is 2.59. The van der Waals surface area contributed by atoms with Gasteiger partial charge in [0.05, 0.1) is 5.69 Å². The van der Waals surface area contributed by atoms with Crippen molar-refractivity contribution in [3.63, 3.8) is 0 Å². The zero-order chi connectivity index (χ0) is 14.0. The molecule has 0 aliphatic carbocycles. The molecular weight excluding hydrogens is 287 g/mol. The molecule has 0 bridgehead atoms. The van der Waals surface area contributed by atoms with Gasteiger partial charge in [-0.1, -0.05) is 6.07 Å². The van der Waals surface area contributed by atoms with Crippen LogP contribution in [0.25, 0.3) is 0 Å². The summed E-state index contributed by atoms with van der Waals surface area (Å²) in [6, 6.07) is 10.0. The van der Waals surface area contributed by atoms with Gasteiger partial charge in [0.1, 0.15) is 21.0 Å². The van der Waals surface area contributed by atoms with Gasteiger partial charge < -0.3 is 0 Å². The lowest BCUT2D eigenvalue weighted by atomic mass is 10.3. The Labute approximate surface area is 114 Å². The highest BCUT2D eigenvalue weighted by Gasteiger charge is 2.23. The monoisotopic (exact) mass is 296 g/mol. The van der Waals surface area contributed by atoms with Crippen LogP contribution in [-0.2, 0) is 10.0 Å². The van der Waals surface area contributed by atoms with Crippen molar-refractivity contribution >= 4 is 27.0 Å². The molecule has 0 unspecified atom stereocenters. The van der Waals surface area contributed by atoms with E-state index in [2.05, 4.69) is 0 Å². The lowest BCUT2D eigenvalue weighted by molar-refractivity contribution is 0.596. The lowest BCUT2D eigenvalue weighted by Crippen LogP contribution is -2.25. The van der Waals surface area contributed by atoms with Gasteiger partial charge in [-0.25, -0.2) is 12.8 Å². The number of nitrogens with zero attached hydrogens (tertiary/aromatic N) is 2. The van der Waals surface area contributed by atoms with Crippen LogP contribution in [0.4, 0.5) is 10.1 Å². The van der Waals surface area contributed by atoms with Crippen molar-refractivity contribution in [3.8, 4) is 6.07 Å². The highest BCUT2D eigenvalue weighted by atomic mass is 32.2. The lowest BCUT2D eigenvalue weighted by Gasteiger charge is -2.18. The van der Waals surface area contributed by atoms with Crippen LogP contribution in [0.15, 0.2) is 40.6 Å². The number of benzene rings is 1. The van der Waals surface area contributed by atoms with Crippen LogP contribution < -0.4 is 4.31 Å². The Balaban J connectivity index is 2.42. The van der Waals surface area contributed by atoms with Crippen molar-refractivity contribution < 1.29 is 12.8 Å². The first kappa shape index (κ1) is 13.5. The topological polar surface area (TPSA) is 61.2 Å². The van der Waals surface area contributed by atoms with Gasteiger partial charge in [-0.2, -0.15) is 5.26 Å². The van der Waals surface area contributed by atoms with E-state index in [9.17, 15) is 12.8 Å². The molecule has 0 N–H and O–H groups in total. The van der Waals surface area contributed by atoms with Gasteiger partial charge in [-0.15, -0.1) is 11.3 Å². The molecule has 2 aromatic rings. The fourth-order valence-electron chi connectivity index (χ4n) is 1.46. The summed E-state index contributed by atoms with van der Waals surface area (Å²) >= 11 is 0.883. The molecule has 0 saturated carbocycles. The molecule has 0 fully saturated rings. The highest BCUT2D eigenvalue weighted by molar-refractivity contribution is 7.94. The zero-order valence-corrected chi connectivity index (χ0v) is 11.5. The van der Waals surface area contributed by atoms with Crippen molar-refractivity contribution in [2.75, 3.05) is 11.4 Å². The normalized spacial score (nSPS) is 11.0. The SMILES string of the molecule is CN(c1cccc(F)c1)S(=O)(=O)c1ccc(C#N)s1. The Hall–Kier alpha value is -1.91. The standard InChI is InChI=1S/C12H9FN2O2S2/c1-15(10-4-2-3-9(13)7-10)19(16,17)12-6-5-11(8-14)18-12/h2-7H,1H3. The summed E-state index contributed by atoms with van der Waals surface area (Å²) in [4.78, 5) is 0.311. The Morgan fingerprint density at radius 2 is 2.05 bits per heavy atom. The number of hydrogen-bond acceptors (Lipinski definition) is 4. The number of anilines is 1. The Morgan fingerprint density at radius 3 is 2.63 bits per heavy atom. The smallest absolute Gasteiger partial charge is 0.269 e. The largest absolute Gasteiger partial charge is 0.273 e. The number of hydrogen-bond donors (Lipinski definition) is 0. The van der Waals surface area contributed by atoms with Crippen LogP contribution in [0, 0.1) is 17.1 Å². The molecule has 0 aliphatic heterocycles. The maximum Gasteiger partial charge on any atom is 0.273 e. The molecular formula is C12H9FN2O2S2. The highest BCUT2D eigenvalue weighted by Crippen LogP contribution is 2.27. The molecule has 19 heavy (non-hydrogen) atoms. The third-order valence-corrected chi connectivity index (χ3v) is 5.72. The molecule has 7 heteroatoms. The summed E-state index contributed by atoms with van der Waals surface area (Å²) in [5, 5.41) is 8.71. The van der Waals surface area contributed by atoms with Gasteiger partial charge in [0.2, 0.25) is 0 Å². The maximum atomic E-state index is 13.1. The molecule has 0 radical (unpaired) electrons. The van der Waals surface area contributed by atoms with Crippen molar-refractivity contribution in [1.82, 2.24) is 0 Å². The average molecular weight is 296 g/mol. The molecule has 2 rings (SSSR count). The number of halogens is 1. The molecule has 1 aromatic heterocycles. The van der Waals surface area contributed by atoms with E-state index >= 15 is 0 Å². The third-order valence-electron chi connectivity index (χ3n) is 2.48. The Morgan fingerprint density at radius 1 is 1.32 bits per heavy atom. The van der Waals surface area contributed by atoms with E-state index in [-0.39, 0.29) is 9.90 Å². The van der Waals surface area contributed by atoms with E-state index in [0.29, 0.717) is 4.88 Å². The van der Waals surface area contributed by atoms with Gasteiger partial charge in [0.15, 0.2) is 0 Å². The number of nitriles is 1. The summed E-state index contributed by atoms with van der Waals surface area (Å²) < 4.78 is 38.7. The molecule has 4 nitrogen and oxygen atoms in total. The van der Waals surface area contributed by atoms with E-state index < -0.39 is 15.8 Å². The summed E-state index contributed by atoms with van der Waals surface area (Å²) in [7, 11) is -2.42. The minimum atomic E-state index is -3.76. The van der Waals surface area contributed by atoms with E-state index in [0.717, 1.165) is 21.7 Å². The molecule has 98 valence electrons. The Kier molecular flexibility index (Phi) is 3.55. The summed E-state index contributed by atoms with van der Waals surface area (Å²) in [5.41, 5.74) is 0.229. The average Bonchev–Trinajstić information content (AvgIpc) is 2.87. The predicted octanol–water partition coefficient (Wildman–Crippen LogP) is 2.58. The quantitative estimate of drug-likeness (QED) is 0.874. The zero-order valence-electron chi connectivity index (χ0n) is 9.87. The van der Waals surface area contributed by atoms with E-state index in [1.807, 2.05) is 6.07 Å². The first-order valence-corrected chi connectivity index (χ1v) is 7.45. The fraction of sp³-hybridized carbons (Fsp3) is 0.0833. The summed E-state index contributed by atoms with van der Waals surface area (Å²) in [5.74, 6) is -0.511. The second kappa shape index (κ2) is 4.99. The molecule has 0 aliphatic rings. The van der Waals surface area contributed by atoms with Crippen LogP contribution in [0.3, 0.4) is 0 Å². The van der Waals surface area contributed by atoms with Crippen LogP contribution in [0.1, 0.15) is 4.88 Å². The van der Waals surface area contributed by atoms with Crippen molar-refractivity contribution in [2.45, 2.75) is 4.21 Å². The van der Waals surface area contributed by atoms with Crippen molar-refractivity contribution in [1.29, 1.82) is 5.26 Å². The van der Waals surface area contributed by atoms with Crippen LogP contribution in [-0.4, -0.2) is 15.5 Å². The van der Waals surface area contributed by atoms with E-state index in [1.165, 1.54) is 37.4 Å². The molecule has 1 heterocycles. The fourth-order valence-corrected chi connectivity index (χ4v) is 3.93. The first-order chi connectivity index (χ1) is 8.95. The van der Waals surface area contributed by atoms with Crippen LogP contribution >= 0.6 is 11.3 Å². The molecule has 0 atom stereocenters. The first-order valence-electron chi connectivity index (χ1n) is 5.19. The number of sulfonamides is 1. The van der Waals surface area contributed by atoms with Crippen LogP contribution in [0.2, 0.25) is 0 Å². The molecule has 0 spiro atoms. The van der Waals surface area contributed by atoms with E-state index in [1.54, 1.807) is 0 Å². The minimum absolute atomic E-state index is 0.0517. The van der Waals surface area contributed by atoms with E-state index in [4.69, 9.17) is 5.26 Å². The van der Waals surface area contributed by atoms with Gasteiger partial charge in [-0.3, -0.25) is 4.31 Å². The molecule has 0 amide bonds. The minimum Gasteiger partial charge on any atom is -0.269 e. The summed E-state index contributed by atoms with van der Waals surface area (Å²) in [6.07, 6.45) is 0. The van der Waals surface area contributed by atoms with Gasteiger partial charge >= 0.3 is 0 Å². The number of rotatable bonds is 3. The second-order valence-corrected chi connectivity index (χ2v) is 6.96. The predicted molar refractivity (Wildman–Crippen MR) is 71.0 cm³/mol. The van der Waals surface area contributed by atoms with Crippen molar-refractivity contribution in [2.24, 2.45) is 0 Å². The van der Waals surface area contributed by atoms with Gasteiger partial charge in [0.25, 0.3) is 10.0 Å². The van der Waals surface area contributed by atoms with Crippen molar-refractivity contribution in [3.05, 3.63) is 47.1 Å². The van der Waals surface area contributed by atoms with Gasteiger partial charge in [-0.05, 0) is 30.3 Å². The maximum absolute atomic E-state index is 13.1.